The van der Waals surface area contributed by atoms with Crippen molar-refractivity contribution in [2.75, 3.05) is 0 Å². The van der Waals surface area contributed by atoms with Gasteiger partial charge in [0, 0.05) is 38.0 Å². The molecule has 38 heavy (non-hydrogen) atoms. The lowest BCUT2D eigenvalue weighted by Crippen LogP contribution is -2.00. The fourth-order valence-electron chi connectivity index (χ4n) is 4.74. The van der Waals surface area contributed by atoms with Crippen LogP contribution < -0.4 is 0 Å². The Bertz CT molecular complexity index is 1860. The van der Waals surface area contributed by atoms with E-state index in [1.54, 1.807) is 0 Å². The Kier molecular flexibility index (Phi) is 5.46. The van der Waals surface area contributed by atoms with Gasteiger partial charge in [-0.1, -0.05) is 115 Å². The Hall–Kier alpha value is -4.80. The predicted octanol–water partition coefficient (Wildman–Crippen LogP) is 9.09. The summed E-state index contributed by atoms with van der Waals surface area (Å²) in [5.74, 6) is 1.89. The van der Waals surface area contributed by atoms with Gasteiger partial charge in [0.05, 0.1) is 0 Å². The largest absolute Gasteiger partial charge is 0.455 e. The number of benzene rings is 5. The Labute approximate surface area is 224 Å². The number of halogens is 1. The average molecular weight is 510 g/mol. The lowest BCUT2D eigenvalue weighted by Gasteiger charge is -2.09. The van der Waals surface area contributed by atoms with Crippen LogP contribution in [0.25, 0.3) is 67.2 Å². The van der Waals surface area contributed by atoms with Crippen molar-refractivity contribution in [1.29, 1.82) is 0 Å². The van der Waals surface area contributed by atoms with Crippen molar-refractivity contribution < 1.29 is 4.42 Å². The van der Waals surface area contributed by atoms with Gasteiger partial charge in [-0.3, -0.25) is 0 Å². The summed E-state index contributed by atoms with van der Waals surface area (Å²) >= 11 is 6.54. The SMILES string of the molecule is Clc1cc(-c2ccc(-c3nc(-c4ccccc4)nc(-c4ccccc4)n3)cc2)c2oc3ccccc3c2c1. The van der Waals surface area contributed by atoms with E-state index in [2.05, 4.69) is 18.2 Å². The highest BCUT2D eigenvalue weighted by molar-refractivity contribution is 6.32. The molecule has 0 aliphatic heterocycles. The number of hydrogen-bond donors (Lipinski definition) is 0. The Morgan fingerprint density at radius 2 is 0.974 bits per heavy atom. The third-order valence-electron chi connectivity index (χ3n) is 6.60. The molecule has 0 saturated heterocycles. The second-order valence-electron chi connectivity index (χ2n) is 9.04. The molecular formula is C33H20ClN3O. The van der Waals surface area contributed by atoms with Gasteiger partial charge in [-0.2, -0.15) is 0 Å². The normalized spacial score (nSPS) is 11.3. The molecule has 0 amide bonds. The molecule has 0 aliphatic rings. The molecule has 0 saturated carbocycles. The van der Waals surface area contributed by atoms with Crippen LogP contribution in [0.2, 0.25) is 5.02 Å². The molecule has 2 heterocycles. The molecule has 4 nitrogen and oxygen atoms in total. The molecule has 7 rings (SSSR count). The molecule has 0 N–H and O–H groups in total. The van der Waals surface area contributed by atoms with Crippen LogP contribution in [-0.4, -0.2) is 15.0 Å². The first-order valence-corrected chi connectivity index (χ1v) is 12.7. The van der Waals surface area contributed by atoms with Gasteiger partial charge in [-0.05, 0) is 23.8 Å². The van der Waals surface area contributed by atoms with Crippen LogP contribution in [-0.2, 0) is 0 Å². The van der Waals surface area contributed by atoms with Crippen LogP contribution >= 0.6 is 11.6 Å². The van der Waals surface area contributed by atoms with Crippen molar-refractivity contribution >= 4 is 33.5 Å². The highest BCUT2D eigenvalue weighted by Gasteiger charge is 2.15. The molecule has 0 unspecified atom stereocenters. The van der Waals surface area contributed by atoms with Crippen LogP contribution in [0.5, 0.6) is 0 Å². The lowest BCUT2D eigenvalue weighted by atomic mass is 10.0. The molecule has 0 spiro atoms. The van der Waals surface area contributed by atoms with E-state index in [1.807, 2.05) is 103 Å². The van der Waals surface area contributed by atoms with Crippen LogP contribution in [0, 0.1) is 0 Å². The van der Waals surface area contributed by atoms with Crippen molar-refractivity contribution in [1.82, 2.24) is 15.0 Å². The van der Waals surface area contributed by atoms with Crippen molar-refractivity contribution in [2.45, 2.75) is 0 Å². The average Bonchev–Trinajstić information content (AvgIpc) is 3.36. The molecule has 0 fully saturated rings. The second kappa shape index (κ2) is 9.25. The number of hydrogen-bond acceptors (Lipinski definition) is 4. The number of nitrogens with zero attached hydrogens (tertiary/aromatic N) is 3. The van der Waals surface area contributed by atoms with E-state index < -0.39 is 0 Å². The standard InChI is InChI=1S/C33H20ClN3O/c34-25-19-27(30-28(20-25)26-13-7-8-14-29(26)38-30)21-15-17-24(18-16-21)33-36-31(22-9-3-1-4-10-22)35-32(37-33)23-11-5-2-6-12-23/h1-20H. The summed E-state index contributed by atoms with van der Waals surface area (Å²) in [7, 11) is 0. The highest BCUT2D eigenvalue weighted by atomic mass is 35.5. The number of rotatable bonds is 4. The molecule has 7 aromatic rings. The zero-order chi connectivity index (χ0) is 25.5. The summed E-state index contributed by atoms with van der Waals surface area (Å²) < 4.78 is 6.25. The van der Waals surface area contributed by atoms with E-state index in [-0.39, 0.29) is 0 Å². The molecule has 0 atom stereocenters. The first kappa shape index (κ1) is 22.4. The number of fused-ring (bicyclic) bond motifs is 3. The lowest BCUT2D eigenvalue weighted by molar-refractivity contribution is 0.670. The number of para-hydroxylation sites is 1. The maximum absolute atomic E-state index is 6.54. The predicted molar refractivity (Wildman–Crippen MR) is 154 cm³/mol. The van der Waals surface area contributed by atoms with Crippen LogP contribution in [0.4, 0.5) is 0 Å². The summed E-state index contributed by atoms with van der Waals surface area (Å²) in [5.41, 5.74) is 6.39. The Morgan fingerprint density at radius 1 is 0.474 bits per heavy atom. The Morgan fingerprint density at radius 3 is 1.58 bits per heavy atom. The molecular weight excluding hydrogens is 490 g/mol. The quantitative estimate of drug-likeness (QED) is 0.237. The molecule has 5 aromatic carbocycles. The smallest absolute Gasteiger partial charge is 0.164 e. The van der Waals surface area contributed by atoms with Crippen LogP contribution in [0.15, 0.2) is 126 Å². The number of aromatic nitrogens is 3. The molecule has 5 heteroatoms. The third-order valence-corrected chi connectivity index (χ3v) is 6.81. The van der Waals surface area contributed by atoms with Gasteiger partial charge >= 0.3 is 0 Å². The minimum atomic E-state index is 0.615. The van der Waals surface area contributed by atoms with E-state index >= 15 is 0 Å². The summed E-state index contributed by atoms with van der Waals surface area (Å²) in [6, 6.07) is 40.0. The van der Waals surface area contributed by atoms with Crippen LogP contribution in [0.1, 0.15) is 0 Å². The van der Waals surface area contributed by atoms with Gasteiger partial charge in [-0.15, -0.1) is 0 Å². The van der Waals surface area contributed by atoms with Gasteiger partial charge < -0.3 is 4.42 Å². The topological polar surface area (TPSA) is 51.8 Å². The van der Waals surface area contributed by atoms with E-state index in [0.29, 0.717) is 22.5 Å². The van der Waals surface area contributed by atoms with Gasteiger partial charge in [0.1, 0.15) is 11.2 Å². The fourth-order valence-corrected chi connectivity index (χ4v) is 4.96. The molecule has 0 aliphatic carbocycles. The molecule has 180 valence electrons. The zero-order valence-corrected chi connectivity index (χ0v) is 20.9. The Balaban J connectivity index is 1.35. The van der Waals surface area contributed by atoms with E-state index in [1.165, 1.54) is 0 Å². The summed E-state index contributed by atoms with van der Waals surface area (Å²) in [4.78, 5) is 14.4. The first-order valence-electron chi connectivity index (χ1n) is 12.3. The van der Waals surface area contributed by atoms with Crippen molar-refractivity contribution in [3.63, 3.8) is 0 Å². The molecule has 2 aromatic heterocycles. The van der Waals surface area contributed by atoms with Gasteiger partial charge in [0.2, 0.25) is 0 Å². The molecule has 0 bridgehead atoms. The second-order valence-corrected chi connectivity index (χ2v) is 9.48. The number of furan rings is 1. The minimum Gasteiger partial charge on any atom is -0.455 e. The van der Waals surface area contributed by atoms with Crippen LogP contribution in [0.3, 0.4) is 0 Å². The van der Waals surface area contributed by atoms with Crippen molar-refractivity contribution in [3.8, 4) is 45.3 Å². The summed E-state index contributed by atoms with van der Waals surface area (Å²) in [6.07, 6.45) is 0. The van der Waals surface area contributed by atoms with E-state index in [0.717, 1.165) is 49.8 Å². The summed E-state index contributed by atoms with van der Waals surface area (Å²) in [6.45, 7) is 0. The fraction of sp³-hybridized carbons (Fsp3) is 0. The minimum absolute atomic E-state index is 0.615. The third kappa shape index (κ3) is 4.01. The van der Waals surface area contributed by atoms with Gasteiger partial charge in [-0.25, -0.2) is 15.0 Å². The van der Waals surface area contributed by atoms with Crippen molar-refractivity contribution in [2.24, 2.45) is 0 Å². The van der Waals surface area contributed by atoms with Crippen molar-refractivity contribution in [3.05, 3.63) is 126 Å². The molecule has 0 radical (unpaired) electrons. The zero-order valence-electron chi connectivity index (χ0n) is 20.2. The van der Waals surface area contributed by atoms with E-state index in [4.69, 9.17) is 31.0 Å². The first-order chi connectivity index (χ1) is 18.7. The van der Waals surface area contributed by atoms with E-state index in [9.17, 15) is 0 Å². The van der Waals surface area contributed by atoms with Gasteiger partial charge in [0.25, 0.3) is 0 Å². The maximum Gasteiger partial charge on any atom is 0.164 e. The highest BCUT2D eigenvalue weighted by Crippen LogP contribution is 2.38. The maximum atomic E-state index is 6.54. The monoisotopic (exact) mass is 509 g/mol. The summed E-state index contributed by atoms with van der Waals surface area (Å²) in [5, 5.41) is 2.72. The van der Waals surface area contributed by atoms with Gasteiger partial charge in [0.15, 0.2) is 17.5 Å².